The van der Waals surface area contributed by atoms with E-state index in [1.807, 2.05) is 13.8 Å². The fourth-order valence-corrected chi connectivity index (χ4v) is 2.46. The van der Waals surface area contributed by atoms with E-state index >= 15 is 0 Å². The van der Waals surface area contributed by atoms with Crippen molar-refractivity contribution in [1.82, 2.24) is 15.1 Å². The Bertz CT molecular complexity index is 524. The average molecular weight is 337 g/mol. The highest BCUT2D eigenvalue weighted by Crippen LogP contribution is 2.06. The Balaban J connectivity index is 0.00000139. The maximum absolute atomic E-state index is 12.8. The summed E-state index contributed by atoms with van der Waals surface area (Å²) in [5, 5.41) is 2.58. The van der Waals surface area contributed by atoms with Crippen molar-refractivity contribution in [3.8, 4) is 0 Å². The molecule has 24 heavy (non-hydrogen) atoms. The summed E-state index contributed by atoms with van der Waals surface area (Å²) in [6.07, 6.45) is 0. The van der Waals surface area contributed by atoms with E-state index in [1.165, 1.54) is 24.3 Å². The zero-order chi connectivity index (χ0) is 18.1. The van der Waals surface area contributed by atoms with Gasteiger partial charge in [0.25, 0.3) is 5.91 Å². The Morgan fingerprint density at radius 3 is 2.12 bits per heavy atom. The summed E-state index contributed by atoms with van der Waals surface area (Å²) in [6.45, 7) is 11.3. The molecule has 0 aliphatic carbocycles. The second kappa shape index (κ2) is 10.0. The van der Waals surface area contributed by atoms with E-state index in [1.54, 1.807) is 4.90 Å². The van der Waals surface area contributed by atoms with Crippen LogP contribution in [-0.2, 0) is 4.79 Å². The number of nitrogens with one attached hydrogen (secondary N) is 1. The van der Waals surface area contributed by atoms with Gasteiger partial charge in [0.2, 0.25) is 5.91 Å². The molecule has 0 unspecified atom stereocenters. The topological polar surface area (TPSA) is 52.6 Å². The van der Waals surface area contributed by atoms with Gasteiger partial charge in [0.05, 0.1) is 6.54 Å². The number of carbonyl (C=O) groups is 2. The second-order valence-electron chi connectivity index (χ2n) is 5.70. The largest absolute Gasteiger partial charge is 0.343 e. The van der Waals surface area contributed by atoms with Crippen LogP contribution in [-0.4, -0.2) is 60.4 Å². The number of carbonyl (C=O) groups excluding carboxylic acids is 2. The van der Waals surface area contributed by atoms with Crippen LogP contribution < -0.4 is 5.32 Å². The van der Waals surface area contributed by atoms with Crippen LogP contribution in [0.15, 0.2) is 24.3 Å². The third kappa shape index (κ3) is 5.92. The molecular weight excluding hydrogens is 309 g/mol. The highest BCUT2D eigenvalue weighted by Gasteiger charge is 2.22. The van der Waals surface area contributed by atoms with E-state index in [0.29, 0.717) is 24.7 Å². The number of halogens is 1. The zero-order valence-electron chi connectivity index (χ0n) is 15.0. The van der Waals surface area contributed by atoms with Crippen molar-refractivity contribution in [2.45, 2.75) is 33.7 Å². The lowest BCUT2D eigenvalue weighted by atomic mass is 10.2. The Kier molecular flexibility index (Phi) is 8.40. The molecule has 1 N–H and O–H groups in total. The summed E-state index contributed by atoms with van der Waals surface area (Å²) < 4.78 is 12.8. The smallest absolute Gasteiger partial charge is 0.251 e. The van der Waals surface area contributed by atoms with Crippen molar-refractivity contribution in [3.05, 3.63) is 35.6 Å². The van der Waals surface area contributed by atoms with Crippen LogP contribution in [0.4, 0.5) is 4.39 Å². The number of amides is 2. The first-order valence-electron chi connectivity index (χ1n) is 8.53. The highest BCUT2D eigenvalue weighted by molar-refractivity contribution is 5.96. The molecule has 2 amide bonds. The van der Waals surface area contributed by atoms with Crippen molar-refractivity contribution in [2.24, 2.45) is 0 Å². The average Bonchev–Trinajstić information content (AvgIpc) is 2.61. The summed E-state index contributed by atoms with van der Waals surface area (Å²) in [7, 11) is 0. The number of hydrogen-bond donors (Lipinski definition) is 1. The van der Waals surface area contributed by atoms with Gasteiger partial charge in [0.1, 0.15) is 5.82 Å². The van der Waals surface area contributed by atoms with Gasteiger partial charge < -0.3 is 10.2 Å². The van der Waals surface area contributed by atoms with Crippen LogP contribution in [0.2, 0.25) is 0 Å². The molecule has 0 aromatic heterocycles. The minimum atomic E-state index is -0.393. The summed E-state index contributed by atoms with van der Waals surface area (Å²) in [6, 6.07) is 5.73. The first-order chi connectivity index (χ1) is 11.5. The van der Waals surface area contributed by atoms with Crippen molar-refractivity contribution in [3.63, 3.8) is 0 Å². The summed E-state index contributed by atoms with van der Waals surface area (Å²) >= 11 is 0. The molecule has 134 valence electrons. The maximum atomic E-state index is 12.8. The lowest BCUT2D eigenvalue weighted by Gasteiger charge is -2.36. The van der Waals surface area contributed by atoms with Crippen LogP contribution in [0.3, 0.4) is 0 Å². The molecule has 0 spiro atoms. The van der Waals surface area contributed by atoms with Gasteiger partial charge in [-0.05, 0) is 38.1 Å². The first kappa shape index (κ1) is 20.1. The van der Waals surface area contributed by atoms with E-state index in [0.717, 1.165) is 13.1 Å². The Labute approximate surface area is 143 Å². The Hall–Kier alpha value is -1.95. The van der Waals surface area contributed by atoms with Gasteiger partial charge in [-0.3, -0.25) is 14.5 Å². The van der Waals surface area contributed by atoms with Gasteiger partial charge in [-0.1, -0.05) is 13.8 Å². The summed E-state index contributed by atoms with van der Waals surface area (Å²) in [5.74, 6) is -0.844. The Morgan fingerprint density at radius 1 is 1.08 bits per heavy atom. The number of piperazine rings is 1. The van der Waals surface area contributed by atoms with Gasteiger partial charge in [0.15, 0.2) is 0 Å². The Morgan fingerprint density at radius 2 is 1.62 bits per heavy atom. The lowest BCUT2D eigenvalue weighted by molar-refractivity contribution is -0.132. The first-order valence-corrected chi connectivity index (χ1v) is 8.53. The maximum Gasteiger partial charge on any atom is 0.251 e. The van der Waals surface area contributed by atoms with Crippen LogP contribution in [0.5, 0.6) is 0 Å². The van der Waals surface area contributed by atoms with Crippen LogP contribution in [0.1, 0.15) is 38.1 Å². The van der Waals surface area contributed by atoms with Crippen molar-refractivity contribution in [1.29, 1.82) is 0 Å². The molecule has 1 aromatic carbocycles. The normalized spacial score (nSPS) is 14.8. The molecule has 1 aromatic rings. The fraction of sp³-hybridized carbons (Fsp3) is 0.556. The van der Waals surface area contributed by atoms with Gasteiger partial charge in [-0.15, -0.1) is 0 Å². The molecule has 0 bridgehead atoms. The predicted molar refractivity (Wildman–Crippen MR) is 93.4 cm³/mol. The summed E-state index contributed by atoms with van der Waals surface area (Å²) in [5.41, 5.74) is 0.346. The monoisotopic (exact) mass is 337 g/mol. The number of hydrogen-bond acceptors (Lipinski definition) is 3. The van der Waals surface area contributed by atoms with E-state index in [2.05, 4.69) is 24.1 Å². The standard InChI is InChI=1S/C16H22FN3O2.C2H6/c1-12(2)19-7-9-20(10-8-19)15(21)11-18-16(22)13-3-5-14(17)6-4-13;1-2/h3-6,12H,7-11H2,1-2H3,(H,18,22);1-2H3. The molecule has 2 rings (SSSR count). The number of nitrogens with zero attached hydrogens (tertiary/aromatic N) is 2. The SMILES string of the molecule is CC.CC(C)N1CCN(C(=O)CNC(=O)c2ccc(F)cc2)CC1. The number of benzene rings is 1. The van der Waals surface area contributed by atoms with E-state index < -0.39 is 5.82 Å². The van der Waals surface area contributed by atoms with Gasteiger partial charge >= 0.3 is 0 Å². The fourth-order valence-electron chi connectivity index (χ4n) is 2.46. The van der Waals surface area contributed by atoms with Crippen LogP contribution >= 0.6 is 0 Å². The lowest BCUT2D eigenvalue weighted by Crippen LogP contribution is -2.52. The van der Waals surface area contributed by atoms with Gasteiger partial charge in [-0.2, -0.15) is 0 Å². The third-order valence-electron chi connectivity index (χ3n) is 3.90. The van der Waals surface area contributed by atoms with Crippen LogP contribution in [0.25, 0.3) is 0 Å². The zero-order valence-corrected chi connectivity index (χ0v) is 15.0. The molecule has 1 saturated heterocycles. The molecule has 1 aliphatic heterocycles. The second-order valence-corrected chi connectivity index (χ2v) is 5.70. The molecular formula is C18H28FN3O2. The van der Waals surface area contributed by atoms with Gasteiger partial charge in [0, 0.05) is 37.8 Å². The van der Waals surface area contributed by atoms with E-state index in [4.69, 9.17) is 0 Å². The molecule has 0 radical (unpaired) electrons. The molecule has 1 aliphatic rings. The molecule has 0 atom stereocenters. The highest BCUT2D eigenvalue weighted by atomic mass is 19.1. The summed E-state index contributed by atoms with van der Waals surface area (Å²) in [4.78, 5) is 28.1. The van der Waals surface area contributed by atoms with Crippen molar-refractivity contribution >= 4 is 11.8 Å². The molecule has 1 heterocycles. The molecule has 0 saturated carbocycles. The van der Waals surface area contributed by atoms with Crippen molar-refractivity contribution < 1.29 is 14.0 Å². The van der Waals surface area contributed by atoms with E-state index in [-0.39, 0.29) is 18.4 Å². The minimum Gasteiger partial charge on any atom is -0.343 e. The van der Waals surface area contributed by atoms with Gasteiger partial charge in [-0.25, -0.2) is 4.39 Å². The number of rotatable bonds is 4. The minimum absolute atomic E-state index is 0.0299. The predicted octanol–water partition coefficient (Wildman–Crippen LogP) is 2.13. The quantitative estimate of drug-likeness (QED) is 0.916. The molecule has 6 heteroatoms. The van der Waals surface area contributed by atoms with Crippen LogP contribution in [0, 0.1) is 5.82 Å². The van der Waals surface area contributed by atoms with Crippen molar-refractivity contribution in [2.75, 3.05) is 32.7 Å². The molecule has 1 fully saturated rings. The molecule has 5 nitrogen and oxygen atoms in total. The van der Waals surface area contributed by atoms with E-state index in [9.17, 15) is 14.0 Å². The third-order valence-corrected chi connectivity index (χ3v) is 3.90.